The number of hydrogen-bond acceptors (Lipinski definition) is 4. The van der Waals surface area contributed by atoms with Gasteiger partial charge in [-0.05, 0) is 113 Å². The minimum absolute atomic E-state index is 0.0315. The number of carbonyl (C=O) groups is 2. The van der Waals surface area contributed by atoms with Crippen LogP contribution in [-0.2, 0) is 9.59 Å². The Labute approximate surface area is 198 Å². The second-order valence-corrected chi connectivity index (χ2v) is 13.1. The number of piperidine rings is 2. The first-order valence-electron chi connectivity index (χ1n) is 13.3. The molecule has 186 valence electrons. The van der Waals surface area contributed by atoms with Crippen molar-refractivity contribution in [1.82, 2.24) is 9.80 Å². The van der Waals surface area contributed by atoms with Crippen LogP contribution in [0.5, 0.6) is 0 Å². The zero-order chi connectivity index (χ0) is 24.3. The van der Waals surface area contributed by atoms with Crippen LogP contribution in [-0.4, -0.2) is 50.2 Å². The molecule has 2 fully saturated rings. The zero-order valence-electron chi connectivity index (χ0n) is 22.6. The highest BCUT2D eigenvalue weighted by Crippen LogP contribution is 2.52. The maximum absolute atomic E-state index is 13.5. The summed E-state index contributed by atoms with van der Waals surface area (Å²) < 4.78 is 0. The molecule has 0 amide bonds. The predicted molar refractivity (Wildman–Crippen MR) is 135 cm³/mol. The van der Waals surface area contributed by atoms with Gasteiger partial charge in [-0.25, -0.2) is 0 Å². The summed E-state index contributed by atoms with van der Waals surface area (Å²) >= 11 is 0. The molecule has 0 bridgehead atoms. The van der Waals surface area contributed by atoms with Crippen LogP contribution in [0.1, 0.15) is 139 Å². The van der Waals surface area contributed by atoms with Crippen LogP contribution in [0.2, 0.25) is 0 Å². The molecule has 0 aromatic heterocycles. The molecule has 0 spiro atoms. The van der Waals surface area contributed by atoms with Crippen molar-refractivity contribution in [1.29, 1.82) is 0 Å². The molecular formula is C28H52N2O2. The van der Waals surface area contributed by atoms with Crippen molar-refractivity contribution >= 4 is 12.6 Å². The molecule has 32 heavy (non-hydrogen) atoms. The monoisotopic (exact) mass is 448 g/mol. The average Bonchev–Trinajstić information content (AvgIpc) is 2.63. The van der Waals surface area contributed by atoms with Crippen molar-refractivity contribution in [3.63, 3.8) is 0 Å². The molecule has 0 N–H and O–H groups in total. The molecule has 2 saturated heterocycles. The number of carbonyl (C=O) groups excluding carboxylic acids is 2. The van der Waals surface area contributed by atoms with Gasteiger partial charge < -0.3 is 4.79 Å². The molecule has 0 saturated carbocycles. The van der Waals surface area contributed by atoms with Gasteiger partial charge in [0, 0.05) is 28.6 Å². The van der Waals surface area contributed by atoms with Crippen LogP contribution < -0.4 is 0 Å². The van der Waals surface area contributed by atoms with E-state index in [1.807, 2.05) is 0 Å². The van der Waals surface area contributed by atoms with Gasteiger partial charge in [0.15, 0.2) is 6.29 Å². The van der Waals surface area contributed by atoms with Crippen LogP contribution in [0.3, 0.4) is 0 Å². The van der Waals surface area contributed by atoms with E-state index in [4.69, 9.17) is 0 Å². The summed E-state index contributed by atoms with van der Waals surface area (Å²) in [6, 6.07) is 0. The van der Waals surface area contributed by atoms with Crippen LogP contribution in [0.4, 0.5) is 0 Å². The van der Waals surface area contributed by atoms with Gasteiger partial charge in [-0.2, -0.15) is 0 Å². The van der Waals surface area contributed by atoms with Crippen LogP contribution in [0, 0.1) is 0 Å². The fraction of sp³-hybridized carbons (Fsp3) is 0.929. The van der Waals surface area contributed by atoms with Gasteiger partial charge in [-0.1, -0.05) is 19.3 Å². The Bertz CT molecular complexity index is 565. The summed E-state index contributed by atoms with van der Waals surface area (Å²) in [6.07, 6.45) is 16.3. The van der Waals surface area contributed by atoms with E-state index < -0.39 is 5.66 Å². The predicted octanol–water partition coefficient (Wildman–Crippen LogP) is 6.90. The minimum Gasteiger partial charge on any atom is -0.303 e. The lowest BCUT2D eigenvalue weighted by molar-refractivity contribution is -0.228. The number of hydrogen-bond donors (Lipinski definition) is 0. The van der Waals surface area contributed by atoms with Gasteiger partial charge in [0.25, 0.3) is 0 Å². The number of likely N-dealkylation sites (tertiary alicyclic amines) is 2. The molecule has 0 aliphatic carbocycles. The summed E-state index contributed by atoms with van der Waals surface area (Å²) in [5.74, 6) is 0. The normalized spacial score (nSPS) is 25.4. The second kappa shape index (κ2) is 10.3. The Morgan fingerprint density at radius 3 is 1.38 bits per heavy atom. The summed E-state index contributed by atoms with van der Waals surface area (Å²) in [7, 11) is 0. The molecule has 4 nitrogen and oxygen atoms in total. The maximum atomic E-state index is 13.5. The van der Waals surface area contributed by atoms with Gasteiger partial charge in [0.2, 0.25) is 0 Å². The molecular weight excluding hydrogens is 396 g/mol. The average molecular weight is 449 g/mol. The summed E-state index contributed by atoms with van der Waals surface area (Å²) in [4.78, 5) is 29.4. The highest BCUT2D eigenvalue weighted by atomic mass is 16.1. The maximum Gasteiger partial charge on any atom is 0.155 e. The van der Waals surface area contributed by atoms with E-state index in [1.165, 1.54) is 19.1 Å². The van der Waals surface area contributed by atoms with E-state index in [2.05, 4.69) is 65.2 Å². The molecule has 0 unspecified atom stereocenters. The van der Waals surface area contributed by atoms with Crippen molar-refractivity contribution in [3.8, 4) is 0 Å². The fourth-order valence-corrected chi connectivity index (χ4v) is 7.72. The van der Waals surface area contributed by atoms with Gasteiger partial charge in [-0.3, -0.25) is 14.6 Å². The van der Waals surface area contributed by atoms with E-state index in [9.17, 15) is 9.59 Å². The molecule has 0 radical (unpaired) electrons. The SMILES string of the molecule is CC1(C)CCCC(C)(C)N1C(C=O)(CCCCCCCC=O)N1C(C)(C)CCCC1(C)C. The Morgan fingerprint density at radius 2 is 1.00 bits per heavy atom. The quantitative estimate of drug-likeness (QED) is 0.255. The van der Waals surface area contributed by atoms with Gasteiger partial charge in [-0.15, -0.1) is 0 Å². The highest BCUT2D eigenvalue weighted by molar-refractivity contribution is 5.65. The van der Waals surface area contributed by atoms with Gasteiger partial charge in [0.05, 0.1) is 0 Å². The van der Waals surface area contributed by atoms with E-state index in [1.54, 1.807) is 0 Å². The van der Waals surface area contributed by atoms with E-state index in [0.29, 0.717) is 6.42 Å². The van der Waals surface area contributed by atoms with E-state index in [0.717, 1.165) is 70.5 Å². The topological polar surface area (TPSA) is 40.6 Å². The van der Waals surface area contributed by atoms with Crippen molar-refractivity contribution in [2.75, 3.05) is 0 Å². The number of nitrogens with zero attached hydrogens (tertiary/aromatic N) is 2. The second-order valence-electron chi connectivity index (χ2n) is 13.1. The lowest BCUT2D eigenvalue weighted by atomic mass is 9.71. The van der Waals surface area contributed by atoms with Crippen LogP contribution in [0.15, 0.2) is 0 Å². The third-order valence-electron chi connectivity index (χ3n) is 8.41. The molecule has 2 heterocycles. The Balaban J connectivity index is 2.47. The molecule has 0 atom stereocenters. The number of unbranched alkanes of at least 4 members (excludes halogenated alkanes) is 5. The lowest BCUT2D eigenvalue weighted by Crippen LogP contribution is -2.80. The first-order valence-corrected chi connectivity index (χ1v) is 13.3. The summed E-state index contributed by atoms with van der Waals surface area (Å²) in [5.41, 5.74) is -0.734. The smallest absolute Gasteiger partial charge is 0.155 e. The largest absolute Gasteiger partial charge is 0.303 e. The van der Waals surface area contributed by atoms with Crippen molar-refractivity contribution in [2.45, 2.75) is 167 Å². The molecule has 2 aliphatic rings. The molecule has 0 aromatic carbocycles. The molecule has 2 aliphatic heterocycles. The third-order valence-corrected chi connectivity index (χ3v) is 8.41. The standard InChI is InChI=1S/C28H52N2O2/c1-24(2)17-15-18-25(3,4)29(24)28(23-32,21-13-11-9-10-12-14-22-31)30-26(5,6)19-16-20-27(30,7)8/h22-23H,9-21H2,1-8H3. The van der Waals surface area contributed by atoms with Crippen LogP contribution in [0.25, 0.3) is 0 Å². The number of aldehydes is 2. The Kier molecular flexibility index (Phi) is 8.81. The molecule has 2 rings (SSSR count). The first kappa shape index (κ1) is 27.5. The Hall–Kier alpha value is -0.740. The minimum atomic E-state index is -0.608. The molecule has 4 heteroatoms. The van der Waals surface area contributed by atoms with Crippen molar-refractivity contribution in [3.05, 3.63) is 0 Å². The van der Waals surface area contributed by atoms with Gasteiger partial charge >= 0.3 is 0 Å². The van der Waals surface area contributed by atoms with E-state index >= 15 is 0 Å². The summed E-state index contributed by atoms with van der Waals surface area (Å²) in [5, 5.41) is 0. The lowest BCUT2D eigenvalue weighted by Gasteiger charge is -2.68. The fourth-order valence-electron chi connectivity index (χ4n) is 7.72. The van der Waals surface area contributed by atoms with Crippen molar-refractivity contribution in [2.24, 2.45) is 0 Å². The zero-order valence-corrected chi connectivity index (χ0v) is 22.6. The van der Waals surface area contributed by atoms with Crippen LogP contribution >= 0.6 is 0 Å². The first-order chi connectivity index (χ1) is 14.8. The number of rotatable bonds is 11. The van der Waals surface area contributed by atoms with Gasteiger partial charge in [0.1, 0.15) is 11.9 Å². The highest BCUT2D eigenvalue weighted by Gasteiger charge is 2.61. The summed E-state index contributed by atoms with van der Waals surface area (Å²) in [6.45, 7) is 18.9. The van der Waals surface area contributed by atoms with Crippen molar-refractivity contribution < 1.29 is 9.59 Å². The third kappa shape index (κ3) is 5.66. The Morgan fingerprint density at radius 1 is 0.625 bits per heavy atom. The molecule has 0 aromatic rings. The van der Waals surface area contributed by atoms with E-state index in [-0.39, 0.29) is 22.2 Å².